The highest BCUT2D eigenvalue weighted by Crippen LogP contribution is 2.17. The maximum atomic E-state index is 11.8. The molecule has 0 radical (unpaired) electrons. The molecule has 17 heavy (non-hydrogen) atoms. The summed E-state index contributed by atoms with van der Waals surface area (Å²) >= 11 is 3.36. The summed E-state index contributed by atoms with van der Waals surface area (Å²) in [5.41, 5.74) is 1.58. The number of aryl methyl sites for hydroxylation is 1. The number of hydrogen-bond donors (Lipinski definition) is 1. The fraction of sp³-hybridized carbons (Fsp3) is 0.0833. The van der Waals surface area contributed by atoms with Gasteiger partial charge in [0.15, 0.2) is 0 Å². The van der Waals surface area contributed by atoms with E-state index in [1.54, 1.807) is 30.7 Å². The fourth-order valence-corrected chi connectivity index (χ4v) is 1.52. The number of pyridine rings is 2. The molecule has 1 amide bonds. The number of rotatable bonds is 2. The largest absolute Gasteiger partial charge is 0.307 e. The maximum absolute atomic E-state index is 11.8. The molecule has 2 aromatic rings. The maximum Gasteiger partial charge on any atom is 0.256 e. The summed E-state index contributed by atoms with van der Waals surface area (Å²) in [6, 6.07) is 5.12. The number of nitrogens with zero attached hydrogens (tertiary/aromatic N) is 2. The monoisotopic (exact) mass is 291 g/mol. The molecular weight excluding hydrogens is 282 g/mol. The molecule has 0 aliphatic rings. The van der Waals surface area contributed by atoms with Crippen LogP contribution in [-0.4, -0.2) is 15.9 Å². The molecule has 1 N–H and O–H groups in total. The van der Waals surface area contributed by atoms with Crippen molar-refractivity contribution in [3.63, 3.8) is 0 Å². The molecule has 0 aliphatic heterocycles. The SMILES string of the molecule is Cc1cc(NC(=O)c2ccncc2)ncc1Br. The minimum Gasteiger partial charge on any atom is -0.307 e. The summed E-state index contributed by atoms with van der Waals surface area (Å²) in [5, 5.41) is 2.73. The second-order valence-electron chi connectivity index (χ2n) is 3.51. The highest BCUT2D eigenvalue weighted by atomic mass is 79.9. The van der Waals surface area contributed by atoms with Gasteiger partial charge in [0.2, 0.25) is 0 Å². The summed E-state index contributed by atoms with van der Waals surface area (Å²) in [6.07, 6.45) is 4.82. The second kappa shape index (κ2) is 5.05. The quantitative estimate of drug-likeness (QED) is 0.926. The Morgan fingerprint density at radius 1 is 1.35 bits per heavy atom. The molecule has 0 unspecified atom stereocenters. The zero-order valence-electron chi connectivity index (χ0n) is 9.14. The predicted octanol–water partition coefficient (Wildman–Crippen LogP) is 2.80. The molecule has 0 aliphatic carbocycles. The van der Waals surface area contributed by atoms with Crippen molar-refractivity contribution >= 4 is 27.7 Å². The van der Waals surface area contributed by atoms with Gasteiger partial charge in [0.05, 0.1) is 0 Å². The topological polar surface area (TPSA) is 54.9 Å². The van der Waals surface area contributed by atoms with Crippen molar-refractivity contribution in [1.29, 1.82) is 0 Å². The number of aromatic nitrogens is 2. The molecule has 2 heterocycles. The molecule has 2 aromatic heterocycles. The molecule has 0 saturated heterocycles. The van der Waals surface area contributed by atoms with E-state index in [-0.39, 0.29) is 5.91 Å². The normalized spacial score (nSPS) is 10.0. The summed E-state index contributed by atoms with van der Waals surface area (Å²) < 4.78 is 0.916. The number of carbonyl (C=O) groups is 1. The van der Waals surface area contributed by atoms with Crippen molar-refractivity contribution in [2.75, 3.05) is 5.32 Å². The van der Waals surface area contributed by atoms with E-state index in [0.717, 1.165) is 10.0 Å². The smallest absolute Gasteiger partial charge is 0.256 e. The minimum atomic E-state index is -0.193. The van der Waals surface area contributed by atoms with Gasteiger partial charge >= 0.3 is 0 Å². The zero-order chi connectivity index (χ0) is 12.3. The van der Waals surface area contributed by atoms with Crippen LogP contribution in [0.4, 0.5) is 5.82 Å². The van der Waals surface area contributed by atoms with Crippen molar-refractivity contribution in [2.45, 2.75) is 6.92 Å². The van der Waals surface area contributed by atoms with Crippen molar-refractivity contribution in [3.8, 4) is 0 Å². The number of anilines is 1. The molecule has 86 valence electrons. The lowest BCUT2D eigenvalue weighted by molar-refractivity contribution is 0.102. The van der Waals surface area contributed by atoms with E-state index >= 15 is 0 Å². The Morgan fingerprint density at radius 2 is 2.06 bits per heavy atom. The number of amides is 1. The Balaban J connectivity index is 2.16. The van der Waals surface area contributed by atoms with Crippen LogP contribution in [0.3, 0.4) is 0 Å². The summed E-state index contributed by atoms with van der Waals surface area (Å²) in [4.78, 5) is 19.8. The van der Waals surface area contributed by atoms with Crippen LogP contribution in [0.1, 0.15) is 15.9 Å². The van der Waals surface area contributed by atoms with E-state index in [2.05, 4.69) is 31.2 Å². The van der Waals surface area contributed by atoms with E-state index in [1.807, 2.05) is 13.0 Å². The van der Waals surface area contributed by atoms with E-state index in [4.69, 9.17) is 0 Å². The van der Waals surface area contributed by atoms with Crippen molar-refractivity contribution < 1.29 is 4.79 Å². The second-order valence-corrected chi connectivity index (χ2v) is 4.36. The van der Waals surface area contributed by atoms with Gasteiger partial charge in [-0.05, 0) is 46.6 Å². The van der Waals surface area contributed by atoms with Crippen LogP contribution >= 0.6 is 15.9 Å². The zero-order valence-corrected chi connectivity index (χ0v) is 10.7. The van der Waals surface area contributed by atoms with Gasteiger partial charge in [-0.1, -0.05) is 0 Å². The van der Waals surface area contributed by atoms with Crippen molar-refractivity contribution in [2.24, 2.45) is 0 Å². The van der Waals surface area contributed by atoms with Gasteiger partial charge in [-0.25, -0.2) is 4.98 Å². The molecule has 0 bridgehead atoms. The number of halogens is 1. The minimum absolute atomic E-state index is 0.193. The molecule has 0 spiro atoms. The summed E-state index contributed by atoms with van der Waals surface area (Å²) in [7, 11) is 0. The Bertz CT molecular complexity index is 543. The lowest BCUT2D eigenvalue weighted by Gasteiger charge is -2.05. The molecule has 2 rings (SSSR count). The first-order valence-corrected chi connectivity index (χ1v) is 5.79. The highest BCUT2D eigenvalue weighted by Gasteiger charge is 2.06. The molecular formula is C12H10BrN3O. The standard InChI is InChI=1S/C12H10BrN3O/c1-8-6-11(15-7-10(8)13)16-12(17)9-2-4-14-5-3-9/h2-7H,1H3,(H,15,16,17). The summed E-state index contributed by atoms with van der Waals surface area (Å²) in [6.45, 7) is 1.94. The van der Waals surface area contributed by atoms with Gasteiger partial charge in [-0.15, -0.1) is 0 Å². The van der Waals surface area contributed by atoms with E-state index in [1.165, 1.54) is 0 Å². The average molecular weight is 292 g/mol. The number of nitrogens with one attached hydrogen (secondary N) is 1. The Hall–Kier alpha value is -1.75. The van der Waals surface area contributed by atoms with Gasteiger partial charge in [-0.2, -0.15) is 0 Å². The average Bonchev–Trinajstić information content (AvgIpc) is 2.35. The Kier molecular flexibility index (Phi) is 3.49. The third-order valence-electron chi connectivity index (χ3n) is 2.23. The van der Waals surface area contributed by atoms with Crippen molar-refractivity contribution in [3.05, 3.63) is 52.4 Å². The van der Waals surface area contributed by atoms with E-state index in [0.29, 0.717) is 11.4 Å². The van der Waals surface area contributed by atoms with Crippen LogP contribution < -0.4 is 5.32 Å². The van der Waals surface area contributed by atoms with Gasteiger partial charge in [0.1, 0.15) is 5.82 Å². The summed E-state index contributed by atoms with van der Waals surface area (Å²) in [5.74, 6) is 0.342. The number of carbonyl (C=O) groups excluding carboxylic acids is 1. The van der Waals surface area contributed by atoms with E-state index in [9.17, 15) is 4.79 Å². The van der Waals surface area contributed by atoms with Crippen LogP contribution in [-0.2, 0) is 0 Å². The highest BCUT2D eigenvalue weighted by molar-refractivity contribution is 9.10. The third kappa shape index (κ3) is 2.88. The molecule has 4 nitrogen and oxygen atoms in total. The van der Waals surface area contributed by atoms with Crippen LogP contribution in [0.2, 0.25) is 0 Å². The van der Waals surface area contributed by atoms with Gasteiger partial charge in [0, 0.05) is 28.6 Å². The first-order valence-electron chi connectivity index (χ1n) is 5.00. The van der Waals surface area contributed by atoms with E-state index < -0.39 is 0 Å². The molecule has 0 atom stereocenters. The van der Waals surface area contributed by atoms with Crippen molar-refractivity contribution in [1.82, 2.24) is 9.97 Å². The Morgan fingerprint density at radius 3 is 2.71 bits per heavy atom. The lowest BCUT2D eigenvalue weighted by Crippen LogP contribution is -2.12. The van der Waals surface area contributed by atoms with Gasteiger partial charge in [0.25, 0.3) is 5.91 Å². The first kappa shape index (κ1) is 11.7. The van der Waals surface area contributed by atoms with Crippen LogP contribution in [0.25, 0.3) is 0 Å². The number of hydrogen-bond acceptors (Lipinski definition) is 3. The van der Waals surface area contributed by atoms with Gasteiger partial charge < -0.3 is 5.32 Å². The Labute approximate surface area is 107 Å². The molecule has 0 aromatic carbocycles. The van der Waals surface area contributed by atoms with Crippen LogP contribution in [0, 0.1) is 6.92 Å². The molecule has 0 fully saturated rings. The van der Waals surface area contributed by atoms with Gasteiger partial charge in [-0.3, -0.25) is 9.78 Å². The third-order valence-corrected chi connectivity index (χ3v) is 3.06. The molecule has 0 saturated carbocycles. The molecule has 5 heteroatoms. The van der Waals surface area contributed by atoms with Crippen LogP contribution in [0.5, 0.6) is 0 Å². The lowest BCUT2D eigenvalue weighted by atomic mass is 10.2. The predicted molar refractivity (Wildman–Crippen MR) is 68.9 cm³/mol. The first-order chi connectivity index (χ1) is 8.16. The fourth-order valence-electron chi connectivity index (χ4n) is 1.30. The van der Waals surface area contributed by atoms with Crippen LogP contribution in [0.15, 0.2) is 41.3 Å².